The molecule has 0 spiro atoms. The summed E-state index contributed by atoms with van der Waals surface area (Å²) in [6, 6.07) is 39.5. The van der Waals surface area contributed by atoms with Gasteiger partial charge in [-0.1, -0.05) is 97.9 Å². The molecule has 1 unspecified atom stereocenters. The number of benzene rings is 4. The number of rotatable bonds is 4. The molecule has 0 saturated carbocycles. The fraction of sp³-hybridized carbons (Fsp3) is 0.100. The largest absolute Gasteiger partial charge is 0.309 e. The van der Waals surface area contributed by atoms with Crippen molar-refractivity contribution in [1.82, 2.24) is 14.5 Å². The Balaban J connectivity index is 1.30. The molecule has 3 aromatic heterocycles. The third-order valence-corrected chi connectivity index (χ3v) is 8.95. The van der Waals surface area contributed by atoms with E-state index in [1.807, 2.05) is 18.6 Å². The standard InChI is InChI=1S/C40H31N3/c1-27-21-31(25-41-24-27)37-18-15-30(26-42-37)28-13-16-35-36-17-14-29-23-40(2,32-9-5-3-6-10-32)20-19-34(29)39(36)43(38(35)22-28)33-11-7-4-8-12-33/h3-22,24-26H,23H2,1-2H3. The quantitative estimate of drug-likeness (QED) is 0.217. The van der Waals surface area contributed by atoms with Crippen molar-refractivity contribution in [1.29, 1.82) is 0 Å². The first-order valence-electron chi connectivity index (χ1n) is 14.9. The molecule has 0 aliphatic heterocycles. The van der Waals surface area contributed by atoms with Crippen LogP contribution in [0, 0.1) is 6.92 Å². The Bertz CT molecular complexity index is 2160. The summed E-state index contributed by atoms with van der Waals surface area (Å²) in [7, 11) is 0. The molecule has 4 aromatic carbocycles. The topological polar surface area (TPSA) is 30.7 Å². The number of hydrogen-bond acceptors (Lipinski definition) is 2. The summed E-state index contributed by atoms with van der Waals surface area (Å²) in [6.45, 7) is 4.40. The number of para-hydroxylation sites is 1. The number of nitrogens with zero attached hydrogens (tertiary/aromatic N) is 3. The van der Waals surface area contributed by atoms with Crippen molar-refractivity contribution in [2.24, 2.45) is 0 Å². The number of aryl methyl sites for hydroxylation is 1. The van der Waals surface area contributed by atoms with Crippen molar-refractivity contribution in [3.63, 3.8) is 0 Å². The van der Waals surface area contributed by atoms with Crippen molar-refractivity contribution >= 4 is 27.9 Å². The fourth-order valence-corrected chi connectivity index (χ4v) is 6.71. The second-order valence-electron chi connectivity index (χ2n) is 11.9. The highest BCUT2D eigenvalue weighted by Gasteiger charge is 2.29. The first kappa shape index (κ1) is 25.4. The van der Waals surface area contributed by atoms with Gasteiger partial charge < -0.3 is 4.57 Å². The van der Waals surface area contributed by atoms with Gasteiger partial charge in [0.25, 0.3) is 0 Å². The Morgan fingerprint density at radius 1 is 0.698 bits per heavy atom. The normalized spacial score (nSPS) is 16.0. The molecule has 1 aliphatic carbocycles. The average Bonchev–Trinajstić information content (AvgIpc) is 3.39. The van der Waals surface area contributed by atoms with Gasteiger partial charge in [-0.05, 0) is 65.9 Å². The fourth-order valence-electron chi connectivity index (χ4n) is 6.71. The van der Waals surface area contributed by atoms with Crippen LogP contribution < -0.4 is 0 Å². The third-order valence-electron chi connectivity index (χ3n) is 8.95. The maximum atomic E-state index is 4.81. The highest BCUT2D eigenvalue weighted by molar-refractivity contribution is 6.13. The number of pyridine rings is 2. The Morgan fingerprint density at radius 3 is 2.23 bits per heavy atom. The lowest BCUT2D eigenvalue weighted by atomic mass is 9.73. The molecule has 43 heavy (non-hydrogen) atoms. The van der Waals surface area contributed by atoms with Crippen molar-refractivity contribution in [2.45, 2.75) is 25.7 Å². The van der Waals surface area contributed by atoms with E-state index in [9.17, 15) is 0 Å². The number of aromatic nitrogens is 3. The van der Waals surface area contributed by atoms with Gasteiger partial charge in [0.15, 0.2) is 0 Å². The van der Waals surface area contributed by atoms with Gasteiger partial charge in [0.2, 0.25) is 0 Å². The summed E-state index contributed by atoms with van der Waals surface area (Å²) in [5.74, 6) is 0. The molecule has 1 atom stereocenters. The SMILES string of the molecule is Cc1cncc(-c2ccc(-c3ccc4c5ccc6c(c5n(-c5ccccc5)c4c3)C=CC(C)(c3ccccc3)C6)cn2)c1. The van der Waals surface area contributed by atoms with E-state index in [1.165, 1.54) is 44.2 Å². The van der Waals surface area contributed by atoms with Crippen LogP contribution in [0.1, 0.15) is 29.2 Å². The molecule has 3 nitrogen and oxygen atoms in total. The highest BCUT2D eigenvalue weighted by Crippen LogP contribution is 2.42. The Kier molecular flexibility index (Phi) is 5.87. The van der Waals surface area contributed by atoms with Gasteiger partial charge in [-0.15, -0.1) is 0 Å². The molecule has 3 heteroatoms. The Labute approximate surface area is 251 Å². The summed E-state index contributed by atoms with van der Waals surface area (Å²) < 4.78 is 2.45. The van der Waals surface area contributed by atoms with Gasteiger partial charge in [-0.3, -0.25) is 9.97 Å². The van der Waals surface area contributed by atoms with E-state index in [1.54, 1.807) is 0 Å². The van der Waals surface area contributed by atoms with Crippen LogP contribution in [-0.2, 0) is 11.8 Å². The van der Waals surface area contributed by atoms with E-state index < -0.39 is 0 Å². The average molecular weight is 554 g/mol. The van der Waals surface area contributed by atoms with Crippen LogP contribution in [0.25, 0.3) is 56.0 Å². The second-order valence-corrected chi connectivity index (χ2v) is 11.9. The molecule has 8 rings (SSSR count). The van der Waals surface area contributed by atoms with E-state index in [-0.39, 0.29) is 5.41 Å². The highest BCUT2D eigenvalue weighted by atomic mass is 15.0. The van der Waals surface area contributed by atoms with E-state index in [0.29, 0.717) is 0 Å². The van der Waals surface area contributed by atoms with E-state index in [2.05, 4.69) is 145 Å². The van der Waals surface area contributed by atoms with Crippen LogP contribution in [-0.4, -0.2) is 14.5 Å². The van der Waals surface area contributed by atoms with Gasteiger partial charge in [0, 0.05) is 57.2 Å². The van der Waals surface area contributed by atoms with Crippen LogP contribution >= 0.6 is 0 Å². The van der Waals surface area contributed by atoms with Crippen molar-refractivity contribution < 1.29 is 0 Å². The minimum absolute atomic E-state index is 0.0353. The summed E-state index contributed by atoms with van der Waals surface area (Å²) in [5.41, 5.74) is 13.0. The van der Waals surface area contributed by atoms with Gasteiger partial charge in [0.1, 0.15) is 0 Å². The predicted molar refractivity (Wildman–Crippen MR) is 179 cm³/mol. The zero-order valence-electron chi connectivity index (χ0n) is 24.3. The van der Waals surface area contributed by atoms with Crippen molar-refractivity contribution in [2.75, 3.05) is 0 Å². The third kappa shape index (κ3) is 4.28. The van der Waals surface area contributed by atoms with Crippen LogP contribution in [0.2, 0.25) is 0 Å². The van der Waals surface area contributed by atoms with Crippen molar-refractivity contribution in [3.8, 4) is 28.1 Å². The van der Waals surface area contributed by atoms with Crippen molar-refractivity contribution in [3.05, 3.63) is 156 Å². The molecule has 1 aliphatic rings. The van der Waals surface area contributed by atoms with E-state index in [4.69, 9.17) is 4.98 Å². The smallest absolute Gasteiger partial charge is 0.0718 e. The van der Waals surface area contributed by atoms with Gasteiger partial charge >= 0.3 is 0 Å². The number of fused-ring (bicyclic) bond motifs is 5. The lowest BCUT2D eigenvalue weighted by Crippen LogP contribution is -2.25. The van der Waals surface area contributed by atoms with Crippen LogP contribution in [0.5, 0.6) is 0 Å². The summed E-state index contributed by atoms with van der Waals surface area (Å²) in [4.78, 5) is 9.15. The van der Waals surface area contributed by atoms with E-state index >= 15 is 0 Å². The molecule has 0 amide bonds. The number of hydrogen-bond donors (Lipinski definition) is 0. The Hall–Kier alpha value is -5.28. The number of allylic oxidation sites excluding steroid dienone is 1. The second kappa shape index (κ2) is 9.92. The molecule has 0 fully saturated rings. The summed E-state index contributed by atoms with van der Waals surface area (Å²) >= 11 is 0. The van der Waals surface area contributed by atoms with Gasteiger partial charge in [-0.25, -0.2) is 0 Å². The van der Waals surface area contributed by atoms with Crippen LogP contribution in [0.3, 0.4) is 0 Å². The maximum Gasteiger partial charge on any atom is 0.0718 e. The molecule has 3 heterocycles. The molecule has 0 radical (unpaired) electrons. The molecule has 7 aromatic rings. The Morgan fingerprint density at radius 2 is 1.47 bits per heavy atom. The predicted octanol–water partition coefficient (Wildman–Crippen LogP) is 9.74. The monoisotopic (exact) mass is 553 g/mol. The van der Waals surface area contributed by atoms with E-state index in [0.717, 1.165) is 34.4 Å². The zero-order chi connectivity index (χ0) is 29.0. The maximum absolute atomic E-state index is 4.81. The molecular formula is C40H31N3. The molecular weight excluding hydrogens is 522 g/mol. The molecule has 0 N–H and O–H groups in total. The van der Waals surface area contributed by atoms with Crippen LogP contribution in [0.15, 0.2) is 134 Å². The van der Waals surface area contributed by atoms with Gasteiger partial charge in [0.05, 0.1) is 16.7 Å². The molecule has 0 saturated heterocycles. The first-order chi connectivity index (χ1) is 21.1. The molecule has 206 valence electrons. The minimum Gasteiger partial charge on any atom is -0.309 e. The lowest BCUT2D eigenvalue weighted by Gasteiger charge is -2.31. The van der Waals surface area contributed by atoms with Crippen LogP contribution in [0.4, 0.5) is 0 Å². The van der Waals surface area contributed by atoms with Gasteiger partial charge in [-0.2, -0.15) is 0 Å². The summed E-state index contributed by atoms with van der Waals surface area (Å²) in [6.07, 6.45) is 11.4. The summed E-state index contributed by atoms with van der Waals surface area (Å²) in [5, 5.41) is 2.53. The minimum atomic E-state index is -0.0353. The zero-order valence-corrected chi connectivity index (χ0v) is 24.3. The first-order valence-corrected chi connectivity index (χ1v) is 14.9. The lowest BCUT2D eigenvalue weighted by molar-refractivity contribution is 0.587. The molecule has 0 bridgehead atoms.